The van der Waals surface area contributed by atoms with E-state index in [9.17, 15) is 14.9 Å². The van der Waals surface area contributed by atoms with Crippen LogP contribution in [0.15, 0.2) is 36.7 Å². The van der Waals surface area contributed by atoms with Gasteiger partial charge in [0, 0.05) is 18.2 Å². The van der Waals surface area contributed by atoms with Crippen molar-refractivity contribution in [2.75, 3.05) is 5.32 Å². The number of carbonyl (C=O) groups is 1. The minimum atomic E-state index is -0.393. The van der Waals surface area contributed by atoms with E-state index in [-0.39, 0.29) is 22.5 Å². The SMILES string of the molecule is Cc1cc(NC(=O)CC23CC4CC(C2)CC(n2cc([N+](=O)[O-])cn2)(C4)C3)nn1Cc1ccc(Cl)c(Cl)c1. The van der Waals surface area contributed by atoms with Crippen LogP contribution in [0.4, 0.5) is 11.5 Å². The first kappa shape index (κ1) is 24.4. The molecule has 4 aliphatic rings. The van der Waals surface area contributed by atoms with Gasteiger partial charge in [0.05, 0.1) is 27.1 Å². The number of nitro groups is 1. The normalized spacial score (nSPS) is 28.0. The number of anilines is 1. The van der Waals surface area contributed by atoms with Gasteiger partial charge in [-0.2, -0.15) is 10.2 Å². The largest absolute Gasteiger partial charge is 0.309 e. The van der Waals surface area contributed by atoms with Crippen molar-refractivity contribution in [3.8, 4) is 0 Å². The van der Waals surface area contributed by atoms with Crippen LogP contribution in [0.2, 0.25) is 10.0 Å². The number of hydrogen-bond acceptors (Lipinski definition) is 5. The van der Waals surface area contributed by atoms with Crippen LogP contribution in [0.5, 0.6) is 0 Å². The fourth-order valence-electron chi connectivity index (χ4n) is 7.61. The Bertz CT molecular complexity index is 1380. The average molecular weight is 543 g/mol. The molecule has 0 saturated heterocycles. The predicted molar refractivity (Wildman–Crippen MR) is 140 cm³/mol. The summed E-state index contributed by atoms with van der Waals surface area (Å²) in [5.41, 5.74) is 1.56. The van der Waals surface area contributed by atoms with Crippen LogP contribution >= 0.6 is 23.2 Å². The van der Waals surface area contributed by atoms with Crippen molar-refractivity contribution < 1.29 is 9.72 Å². The van der Waals surface area contributed by atoms with E-state index in [4.69, 9.17) is 23.2 Å². The van der Waals surface area contributed by atoms with E-state index in [2.05, 4.69) is 15.5 Å². The topological polar surface area (TPSA) is 108 Å². The molecule has 194 valence electrons. The van der Waals surface area contributed by atoms with Gasteiger partial charge < -0.3 is 5.32 Å². The lowest BCUT2D eigenvalue weighted by Gasteiger charge is -2.61. The van der Waals surface area contributed by atoms with E-state index in [0.29, 0.717) is 40.7 Å². The van der Waals surface area contributed by atoms with E-state index in [1.807, 2.05) is 34.5 Å². The van der Waals surface area contributed by atoms with Gasteiger partial charge in [-0.1, -0.05) is 29.3 Å². The summed E-state index contributed by atoms with van der Waals surface area (Å²) in [6, 6.07) is 7.37. The second kappa shape index (κ2) is 8.84. The molecular formula is C26H28Cl2N6O3. The van der Waals surface area contributed by atoms with Crippen molar-refractivity contribution in [3.05, 3.63) is 68.1 Å². The second-order valence-electron chi connectivity index (χ2n) is 11.4. The van der Waals surface area contributed by atoms with Crippen molar-refractivity contribution >= 4 is 40.6 Å². The molecule has 4 saturated carbocycles. The predicted octanol–water partition coefficient (Wildman–Crippen LogP) is 5.98. The molecule has 4 aliphatic carbocycles. The number of rotatable bonds is 7. The third kappa shape index (κ3) is 4.52. The Hall–Kier alpha value is -2.91. The smallest absolute Gasteiger partial charge is 0.307 e. The summed E-state index contributed by atoms with van der Waals surface area (Å²) in [6.45, 7) is 2.47. The Morgan fingerprint density at radius 1 is 1.19 bits per heavy atom. The highest BCUT2D eigenvalue weighted by atomic mass is 35.5. The molecule has 1 amide bonds. The highest BCUT2D eigenvalue weighted by molar-refractivity contribution is 6.42. The highest BCUT2D eigenvalue weighted by Crippen LogP contribution is 2.65. The third-order valence-corrected chi connectivity index (χ3v) is 9.26. The summed E-state index contributed by atoms with van der Waals surface area (Å²) >= 11 is 12.2. The Kier molecular flexibility index (Phi) is 5.84. The van der Waals surface area contributed by atoms with Crippen LogP contribution in [-0.4, -0.2) is 30.4 Å². The summed E-state index contributed by atoms with van der Waals surface area (Å²) in [7, 11) is 0. The van der Waals surface area contributed by atoms with Crippen molar-refractivity contribution in [1.82, 2.24) is 19.6 Å². The molecule has 3 aromatic rings. The third-order valence-electron chi connectivity index (χ3n) is 8.52. The first-order valence-electron chi connectivity index (χ1n) is 12.6. The number of benzene rings is 1. The Labute approximate surface area is 224 Å². The van der Waals surface area contributed by atoms with Crippen molar-refractivity contribution in [1.29, 1.82) is 0 Å². The lowest BCUT2D eigenvalue weighted by Crippen LogP contribution is -2.57. The number of nitrogens with zero attached hydrogens (tertiary/aromatic N) is 5. The van der Waals surface area contributed by atoms with Gasteiger partial charge in [-0.3, -0.25) is 24.3 Å². The first-order chi connectivity index (χ1) is 17.6. The van der Waals surface area contributed by atoms with Gasteiger partial charge in [0.2, 0.25) is 5.91 Å². The molecule has 0 radical (unpaired) electrons. The number of aryl methyl sites for hydroxylation is 1. The van der Waals surface area contributed by atoms with Crippen LogP contribution in [0, 0.1) is 34.3 Å². The van der Waals surface area contributed by atoms with Crippen molar-refractivity contribution in [3.63, 3.8) is 0 Å². The molecular weight excluding hydrogens is 515 g/mol. The number of nitrogens with one attached hydrogen (secondary N) is 1. The van der Waals surface area contributed by atoms with E-state index in [1.165, 1.54) is 12.6 Å². The Morgan fingerprint density at radius 3 is 2.62 bits per heavy atom. The molecule has 7 rings (SSSR count). The standard InChI is InChI=1S/C26H28Cl2N6O3/c1-16-4-23(31-32(16)13-17-2-3-21(27)22(28)6-17)30-24(35)11-25-7-18-5-19(8-25)10-26(9-18,15-25)33-14-20(12-29-33)34(36)37/h2-4,6,12,14,18-19H,5,7-11,13,15H2,1H3,(H,30,31,35). The molecule has 2 atom stereocenters. The first-order valence-corrected chi connectivity index (χ1v) is 13.4. The molecule has 2 unspecified atom stereocenters. The van der Waals surface area contributed by atoms with Crippen molar-refractivity contribution in [2.45, 2.75) is 64.0 Å². The molecule has 37 heavy (non-hydrogen) atoms. The molecule has 4 fully saturated rings. The zero-order valence-electron chi connectivity index (χ0n) is 20.5. The van der Waals surface area contributed by atoms with Gasteiger partial charge in [-0.05, 0) is 80.4 Å². The summed E-state index contributed by atoms with van der Waals surface area (Å²) in [4.78, 5) is 24.2. The number of aromatic nitrogens is 4. The number of amides is 1. The minimum absolute atomic E-state index is 0.0226. The number of carbonyl (C=O) groups excluding carboxylic acids is 1. The van der Waals surface area contributed by atoms with Crippen molar-refractivity contribution in [2.24, 2.45) is 17.3 Å². The van der Waals surface area contributed by atoms with E-state index >= 15 is 0 Å². The monoisotopic (exact) mass is 542 g/mol. The number of hydrogen-bond donors (Lipinski definition) is 1. The second-order valence-corrected chi connectivity index (χ2v) is 12.2. The molecule has 1 N–H and O–H groups in total. The minimum Gasteiger partial charge on any atom is -0.309 e. The fraction of sp³-hybridized carbons (Fsp3) is 0.500. The molecule has 2 aromatic heterocycles. The van der Waals surface area contributed by atoms with Gasteiger partial charge >= 0.3 is 5.69 Å². The molecule has 0 spiro atoms. The Morgan fingerprint density at radius 2 is 1.95 bits per heavy atom. The maximum absolute atomic E-state index is 13.3. The number of halogens is 2. The lowest BCUT2D eigenvalue weighted by atomic mass is 9.46. The van der Waals surface area contributed by atoms with Crippen LogP contribution < -0.4 is 5.32 Å². The molecule has 4 bridgehead atoms. The molecule has 11 heteroatoms. The molecule has 9 nitrogen and oxygen atoms in total. The van der Waals surface area contributed by atoms with Crippen LogP contribution in [0.25, 0.3) is 0 Å². The zero-order valence-corrected chi connectivity index (χ0v) is 22.0. The van der Waals surface area contributed by atoms with Crippen LogP contribution in [0.1, 0.15) is 56.2 Å². The molecule has 1 aromatic carbocycles. The van der Waals surface area contributed by atoms with E-state index in [0.717, 1.165) is 43.4 Å². The molecule has 0 aliphatic heterocycles. The summed E-state index contributed by atoms with van der Waals surface area (Å²) < 4.78 is 3.67. The average Bonchev–Trinajstić information content (AvgIpc) is 3.43. The van der Waals surface area contributed by atoms with E-state index in [1.54, 1.807) is 12.3 Å². The summed E-state index contributed by atoms with van der Waals surface area (Å²) in [5.74, 6) is 1.53. The highest BCUT2D eigenvalue weighted by Gasteiger charge is 2.59. The van der Waals surface area contributed by atoms with Crippen LogP contribution in [0.3, 0.4) is 0 Å². The Balaban J connectivity index is 1.17. The van der Waals surface area contributed by atoms with E-state index < -0.39 is 4.92 Å². The quantitative estimate of drug-likeness (QED) is 0.292. The maximum atomic E-state index is 13.3. The van der Waals surface area contributed by atoms with Gasteiger partial charge in [0.25, 0.3) is 0 Å². The van der Waals surface area contributed by atoms with Gasteiger partial charge in [-0.25, -0.2) is 0 Å². The zero-order chi connectivity index (χ0) is 25.9. The fourth-order valence-corrected chi connectivity index (χ4v) is 7.93. The lowest BCUT2D eigenvalue weighted by molar-refractivity contribution is -0.385. The van der Waals surface area contributed by atoms with Gasteiger partial charge in [0.15, 0.2) is 5.82 Å². The van der Waals surface area contributed by atoms with Crippen LogP contribution in [-0.2, 0) is 16.9 Å². The van der Waals surface area contributed by atoms with Gasteiger partial charge in [0.1, 0.15) is 12.4 Å². The summed E-state index contributed by atoms with van der Waals surface area (Å²) in [6.07, 6.45) is 9.33. The maximum Gasteiger partial charge on any atom is 0.307 e. The summed E-state index contributed by atoms with van der Waals surface area (Å²) in [5, 5.41) is 24.3. The molecule has 2 heterocycles. The van der Waals surface area contributed by atoms with Gasteiger partial charge in [-0.15, -0.1) is 0 Å².